The molecule has 1 N–H and O–H groups in total. The number of carbonyl (C=O) groups excluding carboxylic acids is 1. The van der Waals surface area contributed by atoms with Crippen molar-refractivity contribution in [1.82, 2.24) is 5.32 Å². The Hall–Kier alpha value is -0.730. The first-order valence-electron chi connectivity index (χ1n) is 6.23. The number of amides is 1. The van der Waals surface area contributed by atoms with Gasteiger partial charge in [0.15, 0.2) is 0 Å². The summed E-state index contributed by atoms with van der Waals surface area (Å²) in [5, 5.41) is 2.88. The molecule has 4 aliphatic carbocycles. The van der Waals surface area contributed by atoms with E-state index in [9.17, 15) is 4.79 Å². The van der Waals surface area contributed by atoms with Crippen LogP contribution >= 0.6 is 0 Å². The van der Waals surface area contributed by atoms with E-state index in [0.717, 1.165) is 18.4 Å². The molecule has 1 spiro atoms. The summed E-state index contributed by atoms with van der Waals surface area (Å²) in [6.07, 6.45) is 6.50. The Balaban J connectivity index is 1.73. The highest BCUT2D eigenvalue weighted by Gasteiger charge is 2.61. The van der Waals surface area contributed by atoms with Crippen LogP contribution in [0.15, 0.2) is 0 Å². The highest BCUT2D eigenvalue weighted by molar-refractivity contribution is 5.70. The molecule has 3 nitrogen and oxygen atoms in total. The second kappa shape index (κ2) is 2.50. The molecule has 4 saturated carbocycles. The number of hydrogen-bond donors (Lipinski definition) is 1. The average molecular weight is 207 g/mol. The number of ether oxygens (including phenoxy) is 1. The van der Waals surface area contributed by atoms with Gasteiger partial charge in [-0.05, 0) is 43.9 Å². The van der Waals surface area contributed by atoms with Gasteiger partial charge in [-0.1, -0.05) is 0 Å². The maximum absolute atomic E-state index is 11.3. The van der Waals surface area contributed by atoms with Crippen molar-refractivity contribution in [2.45, 2.75) is 37.7 Å². The first-order valence-corrected chi connectivity index (χ1v) is 6.23. The van der Waals surface area contributed by atoms with Crippen molar-refractivity contribution in [3.8, 4) is 0 Å². The molecule has 5 fully saturated rings. The fourth-order valence-electron chi connectivity index (χ4n) is 4.89. The lowest BCUT2D eigenvalue weighted by atomic mass is 9.50. The van der Waals surface area contributed by atoms with E-state index in [1.54, 1.807) is 0 Å². The van der Waals surface area contributed by atoms with Crippen LogP contribution in [-0.2, 0) is 4.74 Å². The Morgan fingerprint density at radius 3 is 2.13 bits per heavy atom. The third kappa shape index (κ3) is 0.943. The topological polar surface area (TPSA) is 38.3 Å². The predicted octanol–water partition coefficient (Wildman–Crippen LogP) is 1.92. The van der Waals surface area contributed by atoms with Crippen molar-refractivity contribution < 1.29 is 9.53 Å². The average Bonchev–Trinajstić information content (AvgIpc) is 2.57. The Bertz CT molecular complexity index is 298. The molecule has 5 aliphatic rings. The normalized spacial score (nSPS) is 55.9. The molecule has 3 heteroatoms. The molecule has 0 aromatic carbocycles. The van der Waals surface area contributed by atoms with E-state index in [1.165, 1.54) is 32.1 Å². The fourth-order valence-corrected chi connectivity index (χ4v) is 4.89. The van der Waals surface area contributed by atoms with Crippen molar-refractivity contribution in [1.29, 1.82) is 0 Å². The molecule has 82 valence electrons. The molecule has 4 bridgehead atoms. The molecule has 5 rings (SSSR count). The van der Waals surface area contributed by atoms with Crippen LogP contribution in [0.2, 0.25) is 0 Å². The van der Waals surface area contributed by atoms with Gasteiger partial charge in [0.05, 0.1) is 6.54 Å². The van der Waals surface area contributed by atoms with E-state index in [-0.39, 0.29) is 11.7 Å². The molecule has 1 saturated heterocycles. The molecule has 0 aromatic heterocycles. The van der Waals surface area contributed by atoms with E-state index < -0.39 is 0 Å². The van der Waals surface area contributed by atoms with Crippen LogP contribution in [0.25, 0.3) is 0 Å². The van der Waals surface area contributed by atoms with Crippen LogP contribution in [0.3, 0.4) is 0 Å². The summed E-state index contributed by atoms with van der Waals surface area (Å²) in [4.78, 5) is 11.3. The monoisotopic (exact) mass is 207 g/mol. The standard InChI is InChI=1S/C12H17NO2/c14-11-13-6-12(15-11)9-2-7-1-8(4-9)5-10(12)3-7/h7-10H,1-6H2,(H,13,14). The lowest BCUT2D eigenvalue weighted by Crippen LogP contribution is -2.59. The van der Waals surface area contributed by atoms with Gasteiger partial charge in [0.1, 0.15) is 5.60 Å². The van der Waals surface area contributed by atoms with Crippen LogP contribution in [0.1, 0.15) is 32.1 Å². The van der Waals surface area contributed by atoms with Crippen LogP contribution < -0.4 is 5.32 Å². The van der Waals surface area contributed by atoms with Crippen LogP contribution in [0, 0.1) is 23.7 Å². The quantitative estimate of drug-likeness (QED) is 0.659. The molecule has 1 heterocycles. The SMILES string of the molecule is O=C1NCC2(O1)C1CC3CC(C1)CC2C3. The van der Waals surface area contributed by atoms with Gasteiger partial charge in [-0.15, -0.1) is 0 Å². The Morgan fingerprint density at radius 1 is 1.07 bits per heavy atom. The van der Waals surface area contributed by atoms with Crippen molar-refractivity contribution in [3.63, 3.8) is 0 Å². The van der Waals surface area contributed by atoms with E-state index in [2.05, 4.69) is 5.32 Å². The molecular formula is C12H17NO2. The van der Waals surface area contributed by atoms with Gasteiger partial charge in [-0.2, -0.15) is 0 Å². The van der Waals surface area contributed by atoms with E-state index in [1.807, 2.05) is 0 Å². The number of alkyl carbamates (subject to hydrolysis) is 1. The lowest BCUT2D eigenvalue weighted by molar-refractivity contribution is -0.150. The van der Waals surface area contributed by atoms with Crippen LogP contribution in [0.5, 0.6) is 0 Å². The highest BCUT2D eigenvalue weighted by atomic mass is 16.6. The second-order valence-corrected chi connectivity index (χ2v) is 6.00. The molecule has 0 atom stereocenters. The minimum Gasteiger partial charge on any atom is -0.440 e. The van der Waals surface area contributed by atoms with Gasteiger partial charge in [0.25, 0.3) is 0 Å². The third-order valence-corrected chi connectivity index (χ3v) is 5.31. The van der Waals surface area contributed by atoms with Gasteiger partial charge in [-0.3, -0.25) is 0 Å². The smallest absolute Gasteiger partial charge is 0.407 e. The molecule has 1 aliphatic heterocycles. The first-order chi connectivity index (χ1) is 7.26. The molecule has 0 radical (unpaired) electrons. The Labute approximate surface area is 89.6 Å². The molecule has 0 aromatic rings. The number of hydrogen-bond acceptors (Lipinski definition) is 2. The summed E-state index contributed by atoms with van der Waals surface area (Å²) in [6.45, 7) is 0.778. The maximum atomic E-state index is 11.3. The summed E-state index contributed by atoms with van der Waals surface area (Å²) in [7, 11) is 0. The van der Waals surface area contributed by atoms with Crippen molar-refractivity contribution in [3.05, 3.63) is 0 Å². The number of rotatable bonds is 0. The summed E-state index contributed by atoms with van der Waals surface area (Å²) in [5.74, 6) is 3.20. The Morgan fingerprint density at radius 2 is 1.67 bits per heavy atom. The van der Waals surface area contributed by atoms with Crippen molar-refractivity contribution >= 4 is 6.09 Å². The zero-order valence-electron chi connectivity index (χ0n) is 8.87. The second-order valence-electron chi connectivity index (χ2n) is 6.00. The van der Waals surface area contributed by atoms with Crippen molar-refractivity contribution in [2.75, 3.05) is 6.54 Å². The van der Waals surface area contributed by atoms with Crippen molar-refractivity contribution in [2.24, 2.45) is 23.7 Å². The molecule has 15 heavy (non-hydrogen) atoms. The summed E-state index contributed by atoms with van der Waals surface area (Å²) in [6, 6.07) is 0. The van der Waals surface area contributed by atoms with Gasteiger partial charge >= 0.3 is 6.09 Å². The van der Waals surface area contributed by atoms with E-state index in [4.69, 9.17) is 4.74 Å². The Kier molecular flexibility index (Phi) is 1.40. The van der Waals surface area contributed by atoms with Gasteiger partial charge in [0.2, 0.25) is 0 Å². The number of nitrogens with one attached hydrogen (secondary N) is 1. The minimum atomic E-state index is -0.178. The summed E-state index contributed by atoms with van der Waals surface area (Å²) in [5.41, 5.74) is -0.0928. The summed E-state index contributed by atoms with van der Waals surface area (Å²) >= 11 is 0. The molecule has 0 unspecified atom stereocenters. The zero-order valence-corrected chi connectivity index (χ0v) is 8.87. The third-order valence-electron chi connectivity index (χ3n) is 5.31. The lowest BCUT2D eigenvalue weighted by Gasteiger charge is -2.58. The fraction of sp³-hybridized carbons (Fsp3) is 0.917. The van der Waals surface area contributed by atoms with E-state index >= 15 is 0 Å². The van der Waals surface area contributed by atoms with Gasteiger partial charge in [0, 0.05) is 11.8 Å². The minimum absolute atomic E-state index is 0.0928. The first kappa shape index (κ1) is 8.43. The zero-order chi connectivity index (χ0) is 10.0. The van der Waals surface area contributed by atoms with Crippen LogP contribution in [-0.4, -0.2) is 18.2 Å². The molecular weight excluding hydrogens is 190 g/mol. The molecule has 1 amide bonds. The predicted molar refractivity (Wildman–Crippen MR) is 54.3 cm³/mol. The maximum Gasteiger partial charge on any atom is 0.407 e. The van der Waals surface area contributed by atoms with E-state index in [0.29, 0.717) is 11.8 Å². The highest BCUT2D eigenvalue weighted by Crippen LogP contribution is 2.60. The van der Waals surface area contributed by atoms with Gasteiger partial charge in [-0.25, -0.2) is 4.79 Å². The number of carbonyl (C=O) groups is 1. The van der Waals surface area contributed by atoms with Crippen LogP contribution in [0.4, 0.5) is 4.79 Å². The largest absolute Gasteiger partial charge is 0.440 e. The summed E-state index contributed by atoms with van der Waals surface area (Å²) < 4.78 is 5.68. The van der Waals surface area contributed by atoms with Gasteiger partial charge < -0.3 is 10.1 Å².